The van der Waals surface area contributed by atoms with Crippen LogP contribution in [-0.4, -0.2) is 61.7 Å². The molecule has 3 aliphatic rings. The van der Waals surface area contributed by atoms with Crippen molar-refractivity contribution >= 4 is 23.2 Å². The summed E-state index contributed by atoms with van der Waals surface area (Å²) in [6.07, 6.45) is 5.18. The standard InChI is InChI=1S/C25H31ClN4O2/c26-23-13-27-9-6-20(23)14-29-15-21(12-28-24(31)19-7-10-32-11-8-19)25(16-29)17-30(18-25)22-4-2-1-3-5-22/h1-6,9,13,19,21H,7-8,10-12,14-18H2,(H,28,31). The smallest absolute Gasteiger partial charge is 0.223 e. The van der Waals surface area contributed by atoms with E-state index in [4.69, 9.17) is 16.3 Å². The van der Waals surface area contributed by atoms with Crippen LogP contribution in [0.3, 0.4) is 0 Å². The molecule has 32 heavy (non-hydrogen) atoms. The fourth-order valence-corrected chi connectivity index (χ4v) is 5.72. The van der Waals surface area contributed by atoms with E-state index < -0.39 is 0 Å². The molecule has 0 radical (unpaired) electrons. The normalized spacial score (nSPS) is 23.3. The van der Waals surface area contributed by atoms with Crippen LogP contribution < -0.4 is 10.2 Å². The molecule has 4 heterocycles. The van der Waals surface area contributed by atoms with E-state index in [0.29, 0.717) is 19.1 Å². The number of hydrogen-bond donors (Lipinski definition) is 1. The zero-order chi connectivity index (χ0) is 22.0. The second-order valence-corrected chi connectivity index (χ2v) is 9.93. The van der Waals surface area contributed by atoms with Crippen LogP contribution in [0.1, 0.15) is 18.4 Å². The van der Waals surface area contributed by atoms with Gasteiger partial charge in [-0.1, -0.05) is 29.8 Å². The molecule has 7 heteroatoms. The van der Waals surface area contributed by atoms with E-state index in [0.717, 1.165) is 62.7 Å². The van der Waals surface area contributed by atoms with Crippen molar-refractivity contribution in [1.82, 2.24) is 15.2 Å². The van der Waals surface area contributed by atoms with Crippen molar-refractivity contribution in [1.29, 1.82) is 0 Å². The van der Waals surface area contributed by atoms with Gasteiger partial charge in [0.2, 0.25) is 5.91 Å². The highest BCUT2D eigenvalue weighted by Gasteiger charge is 2.54. The Kier molecular flexibility index (Phi) is 6.35. The molecule has 2 aromatic rings. The number of ether oxygens (including phenoxy) is 1. The van der Waals surface area contributed by atoms with Gasteiger partial charge in [-0.15, -0.1) is 0 Å². The summed E-state index contributed by atoms with van der Waals surface area (Å²) < 4.78 is 5.41. The Morgan fingerprint density at radius 2 is 1.94 bits per heavy atom. The highest BCUT2D eigenvalue weighted by Crippen LogP contribution is 2.46. The molecule has 1 N–H and O–H groups in total. The van der Waals surface area contributed by atoms with Crippen molar-refractivity contribution in [2.24, 2.45) is 17.3 Å². The van der Waals surface area contributed by atoms with Gasteiger partial charge in [0.25, 0.3) is 0 Å². The number of halogens is 1. The van der Waals surface area contributed by atoms with E-state index >= 15 is 0 Å². The van der Waals surface area contributed by atoms with Crippen molar-refractivity contribution in [2.45, 2.75) is 19.4 Å². The van der Waals surface area contributed by atoms with E-state index in [1.165, 1.54) is 5.69 Å². The van der Waals surface area contributed by atoms with Crippen molar-refractivity contribution in [3.63, 3.8) is 0 Å². The molecule has 0 aliphatic carbocycles. The number of nitrogens with zero attached hydrogens (tertiary/aromatic N) is 3. The molecule has 6 nitrogen and oxygen atoms in total. The second-order valence-electron chi connectivity index (χ2n) is 9.52. The Hall–Kier alpha value is -2.15. The zero-order valence-corrected chi connectivity index (χ0v) is 19.1. The van der Waals surface area contributed by atoms with Gasteiger partial charge >= 0.3 is 0 Å². The van der Waals surface area contributed by atoms with E-state index in [2.05, 4.69) is 50.4 Å². The lowest BCUT2D eigenvalue weighted by molar-refractivity contribution is -0.128. The van der Waals surface area contributed by atoms with Gasteiger partial charge in [0, 0.05) is 81.9 Å². The third kappa shape index (κ3) is 4.49. The first-order valence-corrected chi connectivity index (χ1v) is 12.0. The van der Waals surface area contributed by atoms with Gasteiger partial charge in [-0.25, -0.2) is 0 Å². The summed E-state index contributed by atoms with van der Waals surface area (Å²) in [5, 5.41) is 4.01. The molecular weight excluding hydrogens is 424 g/mol. The van der Waals surface area contributed by atoms with Crippen LogP contribution in [-0.2, 0) is 16.1 Å². The largest absolute Gasteiger partial charge is 0.381 e. The summed E-state index contributed by atoms with van der Waals surface area (Å²) in [6, 6.07) is 12.6. The minimum absolute atomic E-state index is 0.0926. The Labute approximate surface area is 194 Å². The molecule has 5 rings (SSSR count). The molecule has 1 aromatic carbocycles. The Morgan fingerprint density at radius 1 is 1.16 bits per heavy atom. The fraction of sp³-hybridized carbons (Fsp3) is 0.520. The summed E-state index contributed by atoms with van der Waals surface area (Å²) in [6.45, 7) is 6.97. The molecule has 0 saturated carbocycles. The van der Waals surface area contributed by atoms with Gasteiger partial charge in [-0.2, -0.15) is 0 Å². The van der Waals surface area contributed by atoms with Gasteiger partial charge in [-0.05, 0) is 42.5 Å². The lowest BCUT2D eigenvalue weighted by Gasteiger charge is -2.52. The molecule has 1 spiro atoms. The molecular formula is C25H31ClN4O2. The van der Waals surface area contributed by atoms with Gasteiger partial charge in [0.15, 0.2) is 0 Å². The highest BCUT2D eigenvalue weighted by molar-refractivity contribution is 6.31. The van der Waals surface area contributed by atoms with Crippen LogP contribution in [0, 0.1) is 17.3 Å². The summed E-state index contributed by atoms with van der Waals surface area (Å²) in [4.78, 5) is 21.8. The van der Waals surface area contributed by atoms with Crippen molar-refractivity contribution < 1.29 is 9.53 Å². The Morgan fingerprint density at radius 3 is 2.69 bits per heavy atom. The van der Waals surface area contributed by atoms with E-state index in [9.17, 15) is 4.79 Å². The first-order chi connectivity index (χ1) is 15.6. The third-order valence-corrected chi connectivity index (χ3v) is 7.72. The van der Waals surface area contributed by atoms with Crippen LogP contribution in [0.5, 0.6) is 0 Å². The highest BCUT2D eigenvalue weighted by atomic mass is 35.5. The van der Waals surface area contributed by atoms with Crippen LogP contribution in [0.4, 0.5) is 5.69 Å². The molecule has 1 atom stereocenters. The number of amides is 1. The zero-order valence-electron chi connectivity index (χ0n) is 18.4. The molecule has 1 unspecified atom stereocenters. The monoisotopic (exact) mass is 454 g/mol. The minimum atomic E-state index is 0.0926. The van der Waals surface area contributed by atoms with Crippen molar-refractivity contribution in [3.8, 4) is 0 Å². The maximum atomic E-state index is 12.8. The lowest BCUT2D eigenvalue weighted by atomic mass is 9.71. The lowest BCUT2D eigenvalue weighted by Crippen LogP contribution is -2.62. The van der Waals surface area contributed by atoms with Gasteiger partial charge in [0.1, 0.15) is 0 Å². The first kappa shape index (κ1) is 21.7. The van der Waals surface area contributed by atoms with E-state index in [1.807, 2.05) is 6.07 Å². The number of carbonyl (C=O) groups excluding carboxylic acids is 1. The average molecular weight is 455 g/mol. The van der Waals surface area contributed by atoms with Crippen molar-refractivity contribution in [2.75, 3.05) is 50.8 Å². The molecule has 3 aliphatic heterocycles. The maximum Gasteiger partial charge on any atom is 0.223 e. The maximum absolute atomic E-state index is 12.8. The fourth-order valence-electron chi connectivity index (χ4n) is 5.54. The van der Waals surface area contributed by atoms with E-state index in [-0.39, 0.29) is 17.2 Å². The third-order valence-electron chi connectivity index (χ3n) is 7.38. The minimum Gasteiger partial charge on any atom is -0.381 e. The molecule has 1 amide bonds. The number of benzene rings is 1. The second kappa shape index (κ2) is 9.38. The Balaban J connectivity index is 1.26. The van der Waals surface area contributed by atoms with E-state index in [1.54, 1.807) is 12.4 Å². The summed E-state index contributed by atoms with van der Waals surface area (Å²) in [7, 11) is 0. The topological polar surface area (TPSA) is 57.7 Å². The van der Waals surface area contributed by atoms with Crippen molar-refractivity contribution in [3.05, 3.63) is 59.4 Å². The molecule has 1 aromatic heterocycles. The summed E-state index contributed by atoms with van der Waals surface area (Å²) >= 11 is 6.39. The number of hydrogen-bond acceptors (Lipinski definition) is 5. The molecule has 170 valence electrons. The number of aromatic nitrogens is 1. The number of rotatable bonds is 6. The van der Waals surface area contributed by atoms with Gasteiger partial charge < -0.3 is 15.0 Å². The number of anilines is 1. The molecule has 0 bridgehead atoms. The quantitative estimate of drug-likeness (QED) is 0.726. The first-order valence-electron chi connectivity index (χ1n) is 11.6. The number of carbonyl (C=O) groups is 1. The van der Waals surface area contributed by atoms with Crippen LogP contribution in [0.15, 0.2) is 48.8 Å². The van der Waals surface area contributed by atoms with Crippen LogP contribution >= 0.6 is 11.6 Å². The average Bonchev–Trinajstić information content (AvgIpc) is 3.17. The number of para-hydroxylation sites is 1. The predicted octanol–water partition coefficient (Wildman–Crippen LogP) is 3.22. The van der Waals surface area contributed by atoms with Crippen LogP contribution in [0.2, 0.25) is 5.02 Å². The molecule has 3 fully saturated rings. The summed E-state index contributed by atoms with van der Waals surface area (Å²) in [5.74, 6) is 0.709. The predicted molar refractivity (Wildman–Crippen MR) is 126 cm³/mol. The molecule has 3 saturated heterocycles. The number of nitrogens with one attached hydrogen (secondary N) is 1. The van der Waals surface area contributed by atoms with Gasteiger partial charge in [-0.3, -0.25) is 14.7 Å². The van der Waals surface area contributed by atoms with Crippen LogP contribution in [0.25, 0.3) is 0 Å². The Bertz CT molecular complexity index is 929. The van der Waals surface area contributed by atoms with Gasteiger partial charge in [0.05, 0.1) is 5.02 Å². The number of likely N-dealkylation sites (tertiary alicyclic amines) is 1. The number of pyridine rings is 1. The SMILES string of the molecule is O=C(NCC1CN(Cc2ccncc2Cl)CC12CN(c1ccccc1)C2)C1CCOCC1. The summed E-state index contributed by atoms with van der Waals surface area (Å²) in [5.41, 5.74) is 2.58.